The molecule has 0 bridgehead atoms. The number of hydrogen-bond donors (Lipinski definition) is 2. The molecular formula is C46H54F2N8O4. The van der Waals surface area contributed by atoms with Crippen LogP contribution in [0.2, 0.25) is 0 Å². The Balaban J connectivity index is 0.997. The van der Waals surface area contributed by atoms with Crippen LogP contribution in [0.1, 0.15) is 106 Å². The first kappa shape index (κ1) is 39.1. The summed E-state index contributed by atoms with van der Waals surface area (Å²) in [7, 11) is 1.62. The van der Waals surface area contributed by atoms with Crippen LogP contribution in [0, 0.1) is 12.3 Å². The largest absolute Gasteiger partial charge is 0.444 e. The molecule has 14 heteroatoms. The van der Waals surface area contributed by atoms with E-state index in [0.717, 1.165) is 77.7 Å². The number of pyridine rings is 1. The molecule has 2 spiro atoms. The van der Waals surface area contributed by atoms with E-state index in [0.29, 0.717) is 62.0 Å². The van der Waals surface area contributed by atoms with Crippen LogP contribution < -0.4 is 15.5 Å². The monoisotopic (exact) mass is 820 g/mol. The Morgan fingerprint density at radius 2 is 1.70 bits per heavy atom. The van der Waals surface area contributed by atoms with E-state index in [9.17, 15) is 18.4 Å². The Bertz CT molecular complexity index is 2430. The number of fused-ring (bicyclic) bond motifs is 3. The predicted octanol–water partition coefficient (Wildman–Crippen LogP) is 8.11. The quantitative estimate of drug-likeness (QED) is 0.192. The van der Waals surface area contributed by atoms with Gasteiger partial charge in [-0.15, -0.1) is 0 Å². The van der Waals surface area contributed by atoms with Crippen molar-refractivity contribution < 1.29 is 27.9 Å². The number of imidazole rings is 1. The maximum absolute atomic E-state index is 15.0. The van der Waals surface area contributed by atoms with Crippen molar-refractivity contribution in [2.24, 2.45) is 5.41 Å². The number of amides is 3. The van der Waals surface area contributed by atoms with Gasteiger partial charge in [-0.3, -0.25) is 14.5 Å². The Morgan fingerprint density at radius 3 is 2.38 bits per heavy atom. The van der Waals surface area contributed by atoms with Gasteiger partial charge in [0, 0.05) is 73.7 Å². The fraction of sp³-hybridized carbons (Fsp3) is 0.543. The number of carbonyl (C=O) groups is 3. The maximum atomic E-state index is 15.0. The highest BCUT2D eigenvalue weighted by atomic mass is 19.3. The molecule has 2 N–H and O–H groups in total. The molecule has 2 aromatic carbocycles. The summed E-state index contributed by atoms with van der Waals surface area (Å²) >= 11 is 0. The fourth-order valence-corrected chi connectivity index (χ4v) is 10.5. The van der Waals surface area contributed by atoms with Gasteiger partial charge < -0.3 is 29.7 Å². The number of benzene rings is 2. The average molecular weight is 821 g/mol. The zero-order chi connectivity index (χ0) is 41.9. The average Bonchev–Trinajstić information content (AvgIpc) is 4.05. The van der Waals surface area contributed by atoms with Gasteiger partial charge in [-0.2, -0.15) is 0 Å². The minimum Gasteiger partial charge on any atom is -0.444 e. The molecule has 5 fully saturated rings. The molecular weight excluding hydrogens is 767 g/mol. The van der Waals surface area contributed by atoms with Crippen molar-refractivity contribution in [1.82, 2.24) is 29.7 Å². The summed E-state index contributed by atoms with van der Waals surface area (Å²) in [5.74, 6) is -2.07. The van der Waals surface area contributed by atoms with E-state index in [1.807, 2.05) is 69.3 Å². The Kier molecular flexibility index (Phi) is 8.92. The number of nitrogens with zero attached hydrogens (tertiary/aromatic N) is 6. The second kappa shape index (κ2) is 13.7. The lowest BCUT2D eigenvalue weighted by molar-refractivity contribution is -0.126. The van der Waals surface area contributed by atoms with Crippen LogP contribution in [0.5, 0.6) is 0 Å². The normalized spacial score (nSPS) is 25.7. The topological polar surface area (TPSA) is 125 Å². The minimum atomic E-state index is -2.58. The van der Waals surface area contributed by atoms with Crippen molar-refractivity contribution in [3.8, 4) is 11.3 Å². The summed E-state index contributed by atoms with van der Waals surface area (Å²) in [6, 6.07) is 14.3. The number of halogens is 2. The molecule has 60 heavy (non-hydrogen) atoms. The summed E-state index contributed by atoms with van der Waals surface area (Å²) in [5.41, 5.74) is 4.86. The Hall–Kier alpha value is -5.11. The van der Waals surface area contributed by atoms with E-state index in [2.05, 4.69) is 32.2 Å². The number of piperidine rings is 2. The molecule has 2 saturated heterocycles. The predicted molar refractivity (Wildman–Crippen MR) is 225 cm³/mol. The van der Waals surface area contributed by atoms with E-state index >= 15 is 4.79 Å². The minimum absolute atomic E-state index is 0.0177. The van der Waals surface area contributed by atoms with Crippen LogP contribution in [0.4, 0.5) is 30.8 Å². The van der Waals surface area contributed by atoms with Gasteiger partial charge in [-0.25, -0.2) is 23.5 Å². The Morgan fingerprint density at radius 1 is 0.950 bits per heavy atom. The van der Waals surface area contributed by atoms with Crippen molar-refractivity contribution >= 4 is 46.1 Å². The first-order valence-electron chi connectivity index (χ1n) is 21.6. The third-order valence-electron chi connectivity index (χ3n) is 14.2. The van der Waals surface area contributed by atoms with Gasteiger partial charge in [0.25, 0.3) is 11.8 Å². The molecule has 2 aromatic heterocycles. The van der Waals surface area contributed by atoms with Gasteiger partial charge in [-0.1, -0.05) is 18.2 Å². The van der Waals surface area contributed by atoms with Crippen LogP contribution in [0.25, 0.3) is 22.3 Å². The molecule has 1 atom stereocenters. The molecule has 3 saturated carbocycles. The Labute approximate surface area is 349 Å². The number of aryl methyl sites for hydroxylation is 1. The van der Waals surface area contributed by atoms with Gasteiger partial charge in [-0.05, 0) is 121 Å². The summed E-state index contributed by atoms with van der Waals surface area (Å²) in [6.45, 7) is 9.48. The van der Waals surface area contributed by atoms with E-state index in [1.54, 1.807) is 11.9 Å². The number of carbonyl (C=O) groups excluding carboxylic acids is 3. The number of nitrogens with one attached hydrogen (secondary N) is 2. The van der Waals surface area contributed by atoms with Crippen molar-refractivity contribution in [1.29, 1.82) is 0 Å². The zero-order valence-corrected chi connectivity index (χ0v) is 35.1. The molecule has 1 unspecified atom stereocenters. The zero-order valence-electron chi connectivity index (χ0n) is 35.1. The second-order valence-electron chi connectivity index (χ2n) is 19.3. The van der Waals surface area contributed by atoms with Crippen LogP contribution in [0.3, 0.4) is 0 Å². The van der Waals surface area contributed by atoms with Crippen molar-refractivity contribution in [2.75, 3.05) is 43.4 Å². The van der Waals surface area contributed by atoms with Crippen molar-refractivity contribution in [3.05, 3.63) is 65.5 Å². The lowest BCUT2D eigenvalue weighted by Gasteiger charge is -2.49. The number of likely N-dealkylation sites (tertiary alicyclic amines) is 2. The summed E-state index contributed by atoms with van der Waals surface area (Å²) in [4.78, 5) is 56.9. The van der Waals surface area contributed by atoms with Crippen molar-refractivity contribution in [2.45, 2.75) is 121 Å². The third-order valence-corrected chi connectivity index (χ3v) is 14.2. The number of alkyl halides is 2. The number of hydrogen-bond acceptors (Lipinski definition) is 8. The number of rotatable bonds is 7. The summed E-state index contributed by atoms with van der Waals surface area (Å²) in [6.07, 6.45) is 7.37. The highest BCUT2D eigenvalue weighted by Crippen LogP contribution is 2.65. The molecule has 12 nitrogen and oxygen atoms in total. The first-order chi connectivity index (χ1) is 28.6. The molecule has 0 radical (unpaired) electrons. The van der Waals surface area contributed by atoms with Crippen LogP contribution >= 0.6 is 0 Å². The fourth-order valence-electron chi connectivity index (χ4n) is 10.5. The van der Waals surface area contributed by atoms with Crippen LogP contribution in [-0.2, 0) is 14.9 Å². The number of ether oxygens (including phenoxy) is 1. The number of anilines is 3. The summed E-state index contributed by atoms with van der Waals surface area (Å²) in [5, 5.41) is 6.26. The highest BCUT2D eigenvalue weighted by Gasteiger charge is 2.71. The lowest BCUT2D eigenvalue weighted by Crippen LogP contribution is -2.59. The van der Waals surface area contributed by atoms with Crippen molar-refractivity contribution in [3.63, 3.8) is 0 Å². The number of aromatic nitrogens is 3. The second-order valence-corrected chi connectivity index (χ2v) is 19.3. The van der Waals surface area contributed by atoms with E-state index < -0.39 is 22.4 Å². The van der Waals surface area contributed by atoms with E-state index in [4.69, 9.17) is 14.7 Å². The van der Waals surface area contributed by atoms with Gasteiger partial charge in [0.05, 0.1) is 28.4 Å². The van der Waals surface area contributed by atoms with Gasteiger partial charge in [0.15, 0.2) is 5.82 Å². The third kappa shape index (κ3) is 6.42. The molecule has 316 valence electrons. The summed E-state index contributed by atoms with van der Waals surface area (Å²) < 4.78 is 36.9. The standard InChI is InChI=1S/C46H54F2N8O4/c1-27-7-9-29(20-33(27)40(57)49-5)51-39-38-36(50-26-55(38)30-10-11-30)23-35(52-39)28-8-12-34-37(19-28)56(32-21-31(22-32)54-16-6-13-44(25-54)24-46(44,47)48)41(58)45(34)14-17-53(18-15-45)42(59)60-43(2,3)4/h7-9,12,19-20,23,26,30-32H,6,10-11,13-18,21-22,24-25H2,1-5H3,(H,49,57)(H,51,52). The lowest BCUT2D eigenvalue weighted by atomic mass is 9.73. The van der Waals surface area contributed by atoms with Gasteiger partial charge in [0.2, 0.25) is 5.91 Å². The molecule has 4 aromatic rings. The smallest absolute Gasteiger partial charge is 0.410 e. The van der Waals surface area contributed by atoms with E-state index in [-0.39, 0.29) is 36.4 Å². The molecule has 10 rings (SSSR count). The molecule has 6 aliphatic rings. The molecule has 3 amide bonds. The van der Waals surface area contributed by atoms with Gasteiger partial charge in [0.1, 0.15) is 11.1 Å². The first-order valence-corrected chi connectivity index (χ1v) is 21.6. The van der Waals surface area contributed by atoms with Crippen LogP contribution in [-0.4, -0.2) is 99.1 Å². The molecule has 5 heterocycles. The maximum Gasteiger partial charge on any atom is 0.410 e. The van der Waals surface area contributed by atoms with Gasteiger partial charge >= 0.3 is 6.09 Å². The SMILES string of the molecule is CNC(=O)c1cc(Nc2nc(-c3ccc4c(c3)N(C3CC(N5CCCC6(C5)CC6(F)F)C3)C(=O)C43CCN(C(=O)OC(C)(C)C)CC3)cc3ncn(C4CC4)c23)ccc1C. The van der Waals surface area contributed by atoms with E-state index in [1.165, 1.54) is 0 Å². The van der Waals surface area contributed by atoms with Crippen LogP contribution in [0.15, 0.2) is 48.8 Å². The highest BCUT2D eigenvalue weighted by molar-refractivity contribution is 6.09. The molecule has 3 aliphatic heterocycles. The molecule has 3 aliphatic carbocycles.